The number of nitrogens with zero attached hydrogens (tertiary/aromatic N) is 1. The molecule has 0 bridgehead atoms. The van der Waals surface area contributed by atoms with Gasteiger partial charge in [-0.25, -0.2) is 0 Å². The molecule has 0 amide bonds. The first-order chi connectivity index (χ1) is 6.67. The first kappa shape index (κ1) is 8.96. The van der Waals surface area contributed by atoms with Gasteiger partial charge in [-0.2, -0.15) is 5.26 Å². The predicted octanol–water partition coefficient (Wildman–Crippen LogP) is 2.35. The highest BCUT2D eigenvalue weighted by atomic mass is 16.1. The van der Waals surface area contributed by atoms with Crippen molar-refractivity contribution in [3.8, 4) is 6.07 Å². The number of ketones is 1. The fraction of sp³-hybridized carbons (Fsp3) is 0.333. The molecule has 0 N–H and O–H groups in total. The molecular weight excluding hydrogens is 174 g/mol. The van der Waals surface area contributed by atoms with Gasteiger partial charge in [0.1, 0.15) is 5.41 Å². The van der Waals surface area contributed by atoms with E-state index in [9.17, 15) is 4.79 Å². The number of hydrogen-bond acceptors (Lipinski definition) is 2. The van der Waals surface area contributed by atoms with Crippen LogP contribution in [0.25, 0.3) is 0 Å². The maximum atomic E-state index is 11.9. The van der Waals surface area contributed by atoms with Crippen LogP contribution in [0.5, 0.6) is 0 Å². The number of carbonyl (C=O) groups excluding carboxylic acids is 1. The molecule has 70 valence electrons. The van der Waals surface area contributed by atoms with Gasteiger partial charge in [-0.05, 0) is 25.3 Å². The smallest absolute Gasteiger partial charge is 0.183 e. The summed E-state index contributed by atoms with van der Waals surface area (Å²) in [4.78, 5) is 11.9. The summed E-state index contributed by atoms with van der Waals surface area (Å²) < 4.78 is 0. The summed E-state index contributed by atoms with van der Waals surface area (Å²) in [6.45, 7) is 1.73. The third-order valence-corrected chi connectivity index (χ3v) is 2.90. The maximum absolute atomic E-state index is 11.9. The molecule has 0 saturated heterocycles. The molecule has 2 heteroatoms. The third kappa shape index (κ3) is 1.13. The van der Waals surface area contributed by atoms with Crippen molar-refractivity contribution < 1.29 is 4.79 Å². The largest absolute Gasteiger partial charge is 0.292 e. The molecule has 0 aliphatic heterocycles. The summed E-state index contributed by atoms with van der Waals surface area (Å²) in [6, 6.07) is 9.67. The standard InChI is InChI=1S/C12H11NO/c1-12(8-13)7-6-9-4-2-3-5-10(9)11(12)14/h2-5H,6-7H2,1H3. The van der Waals surface area contributed by atoms with Crippen molar-refractivity contribution in [3.05, 3.63) is 35.4 Å². The Morgan fingerprint density at radius 2 is 2.14 bits per heavy atom. The molecule has 1 aromatic carbocycles. The van der Waals surface area contributed by atoms with Gasteiger partial charge in [0.2, 0.25) is 0 Å². The minimum absolute atomic E-state index is 0.0261. The molecule has 0 aromatic heterocycles. The summed E-state index contributed by atoms with van der Waals surface area (Å²) in [5.74, 6) is -0.0261. The monoisotopic (exact) mass is 185 g/mol. The molecule has 1 atom stereocenters. The van der Waals surface area contributed by atoms with E-state index in [2.05, 4.69) is 6.07 Å². The normalized spacial score (nSPS) is 25.3. The molecule has 14 heavy (non-hydrogen) atoms. The van der Waals surface area contributed by atoms with E-state index < -0.39 is 5.41 Å². The van der Waals surface area contributed by atoms with Crippen LogP contribution in [0.4, 0.5) is 0 Å². The molecule has 2 rings (SSSR count). The van der Waals surface area contributed by atoms with Crippen LogP contribution >= 0.6 is 0 Å². The second-order valence-electron chi connectivity index (χ2n) is 3.93. The number of nitriles is 1. The average molecular weight is 185 g/mol. The molecule has 0 saturated carbocycles. The topological polar surface area (TPSA) is 40.9 Å². The fourth-order valence-electron chi connectivity index (χ4n) is 1.86. The first-order valence-electron chi connectivity index (χ1n) is 4.71. The number of Topliss-reactive ketones (excluding diaryl/α,β-unsaturated/α-hetero) is 1. The van der Waals surface area contributed by atoms with Crippen molar-refractivity contribution in [2.45, 2.75) is 19.8 Å². The number of hydrogen-bond donors (Lipinski definition) is 0. The number of aryl methyl sites for hydroxylation is 1. The highest BCUT2D eigenvalue weighted by Crippen LogP contribution is 2.34. The second-order valence-corrected chi connectivity index (χ2v) is 3.93. The van der Waals surface area contributed by atoms with Crippen LogP contribution in [0, 0.1) is 16.7 Å². The van der Waals surface area contributed by atoms with Crippen LogP contribution < -0.4 is 0 Å². The van der Waals surface area contributed by atoms with E-state index in [-0.39, 0.29) is 5.78 Å². The minimum Gasteiger partial charge on any atom is -0.292 e. The lowest BCUT2D eigenvalue weighted by molar-refractivity contribution is 0.0854. The second kappa shape index (κ2) is 2.95. The molecule has 1 unspecified atom stereocenters. The van der Waals surface area contributed by atoms with Crippen LogP contribution in [-0.2, 0) is 6.42 Å². The Kier molecular flexibility index (Phi) is 1.89. The van der Waals surface area contributed by atoms with E-state index in [4.69, 9.17) is 5.26 Å². The number of carbonyl (C=O) groups is 1. The van der Waals surface area contributed by atoms with Crippen LogP contribution in [0.2, 0.25) is 0 Å². The summed E-state index contributed by atoms with van der Waals surface area (Å²) in [7, 11) is 0. The molecular formula is C12H11NO. The summed E-state index contributed by atoms with van der Waals surface area (Å²) in [5, 5.41) is 8.98. The molecule has 1 aliphatic rings. The van der Waals surface area contributed by atoms with Gasteiger partial charge >= 0.3 is 0 Å². The van der Waals surface area contributed by atoms with Crippen LogP contribution in [0.1, 0.15) is 29.3 Å². The lowest BCUT2D eigenvalue weighted by Gasteiger charge is -2.26. The van der Waals surface area contributed by atoms with Crippen molar-refractivity contribution in [3.63, 3.8) is 0 Å². The van der Waals surface area contributed by atoms with E-state index in [1.165, 1.54) is 0 Å². The summed E-state index contributed by atoms with van der Waals surface area (Å²) in [6.07, 6.45) is 1.46. The Bertz CT molecular complexity index is 430. The molecule has 0 spiro atoms. The molecule has 2 nitrogen and oxygen atoms in total. The number of benzene rings is 1. The third-order valence-electron chi connectivity index (χ3n) is 2.90. The Balaban J connectivity index is 2.53. The Morgan fingerprint density at radius 3 is 2.86 bits per heavy atom. The van der Waals surface area contributed by atoms with Crippen LogP contribution in [-0.4, -0.2) is 5.78 Å². The van der Waals surface area contributed by atoms with Gasteiger partial charge in [0.15, 0.2) is 5.78 Å². The van der Waals surface area contributed by atoms with Gasteiger partial charge in [0, 0.05) is 5.56 Å². The maximum Gasteiger partial charge on any atom is 0.183 e. The van der Waals surface area contributed by atoms with E-state index in [1.54, 1.807) is 6.92 Å². The van der Waals surface area contributed by atoms with Crippen molar-refractivity contribution in [2.24, 2.45) is 5.41 Å². The molecule has 1 aliphatic carbocycles. The SMILES string of the molecule is CC1(C#N)CCc2ccccc2C1=O. The van der Waals surface area contributed by atoms with Gasteiger partial charge in [-0.1, -0.05) is 24.3 Å². The number of rotatable bonds is 0. The highest BCUT2D eigenvalue weighted by Gasteiger charge is 2.38. The zero-order valence-corrected chi connectivity index (χ0v) is 8.08. The minimum atomic E-state index is -0.811. The lowest BCUT2D eigenvalue weighted by atomic mass is 9.73. The first-order valence-corrected chi connectivity index (χ1v) is 4.71. The quantitative estimate of drug-likeness (QED) is 0.622. The van der Waals surface area contributed by atoms with Gasteiger partial charge in [0.05, 0.1) is 6.07 Å². The summed E-state index contributed by atoms with van der Waals surface area (Å²) in [5.41, 5.74) is 0.988. The Labute approximate surface area is 83.2 Å². The Morgan fingerprint density at radius 1 is 1.43 bits per heavy atom. The van der Waals surface area contributed by atoms with Crippen LogP contribution in [0.3, 0.4) is 0 Å². The Hall–Kier alpha value is -1.62. The lowest BCUT2D eigenvalue weighted by Crippen LogP contribution is -2.31. The molecule has 1 aromatic rings. The van der Waals surface area contributed by atoms with E-state index in [0.717, 1.165) is 17.5 Å². The van der Waals surface area contributed by atoms with Crippen LogP contribution in [0.15, 0.2) is 24.3 Å². The van der Waals surface area contributed by atoms with Gasteiger partial charge in [0.25, 0.3) is 0 Å². The van der Waals surface area contributed by atoms with Gasteiger partial charge in [-0.3, -0.25) is 4.79 Å². The predicted molar refractivity (Wildman–Crippen MR) is 52.8 cm³/mol. The van der Waals surface area contributed by atoms with Gasteiger partial charge < -0.3 is 0 Å². The zero-order valence-electron chi connectivity index (χ0n) is 8.08. The average Bonchev–Trinajstić information content (AvgIpc) is 2.24. The van der Waals surface area contributed by atoms with Crippen molar-refractivity contribution in [1.82, 2.24) is 0 Å². The summed E-state index contributed by atoms with van der Waals surface area (Å²) >= 11 is 0. The molecule has 0 heterocycles. The van der Waals surface area contributed by atoms with E-state index in [0.29, 0.717) is 6.42 Å². The van der Waals surface area contributed by atoms with Crippen molar-refractivity contribution >= 4 is 5.78 Å². The van der Waals surface area contributed by atoms with E-state index >= 15 is 0 Å². The molecule has 0 fully saturated rings. The fourth-order valence-corrected chi connectivity index (χ4v) is 1.86. The number of fused-ring (bicyclic) bond motifs is 1. The highest BCUT2D eigenvalue weighted by molar-refractivity contribution is 6.04. The van der Waals surface area contributed by atoms with Gasteiger partial charge in [-0.15, -0.1) is 0 Å². The van der Waals surface area contributed by atoms with Crippen molar-refractivity contribution in [1.29, 1.82) is 5.26 Å². The molecule has 0 radical (unpaired) electrons. The zero-order chi connectivity index (χ0) is 10.2. The van der Waals surface area contributed by atoms with Crippen molar-refractivity contribution in [2.75, 3.05) is 0 Å². The van der Waals surface area contributed by atoms with E-state index in [1.807, 2.05) is 24.3 Å².